The van der Waals surface area contributed by atoms with Crippen LogP contribution in [0.2, 0.25) is 0 Å². The van der Waals surface area contributed by atoms with E-state index in [9.17, 15) is 14.4 Å². The summed E-state index contributed by atoms with van der Waals surface area (Å²) in [7, 11) is 0. The van der Waals surface area contributed by atoms with E-state index in [2.05, 4.69) is 5.32 Å². The normalized spacial score (nSPS) is 19.9. The first-order valence-electron chi connectivity index (χ1n) is 7.88. The Bertz CT molecular complexity index is 559. The Hall–Kier alpha value is -2.21. The molecule has 3 N–H and O–H groups in total. The molecule has 1 aromatic carbocycles. The van der Waals surface area contributed by atoms with Crippen molar-refractivity contribution in [3.8, 4) is 0 Å². The largest absolute Gasteiger partial charge is 0.344 e. The third-order valence-corrected chi connectivity index (χ3v) is 4.02. The molecule has 3 atom stereocenters. The maximum Gasteiger partial charge on any atom is 0.243 e. The van der Waals surface area contributed by atoms with Crippen molar-refractivity contribution in [1.82, 2.24) is 10.2 Å². The van der Waals surface area contributed by atoms with Crippen LogP contribution in [-0.4, -0.2) is 47.7 Å². The number of carbonyl (C=O) groups is 3. The summed E-state index contributed by atoms with van der Waals surface area (Å²) in [6, 6.07) is 7.72. The number of nitrogens with two attached hydrogens (primary N) is 1. The molecule has 0 spiro atoms. The minimum atomic E-state index is -0.630. The number of aldehydes is 1. The van der Waals surface area contributed by atoms with Gasteiger partial charge >= 0.3 is 0 Å². The Labute approximate surface area is 136 Å². The SMILES string of the molecule is CC(N)C(=O)N1CCCC1C(=O)NC(C=O)Cc1ccccc1. The Morgan fingerprint density at radius 2 is 2.09 bits per heavy atom. The fourth-order valence-electron chi connectivity index (χ4n) is 2.84. The lowest BCUT2D eigenvalue weighted by molar-refractivity contribution is -0.139. The second-order valence-electron chi connectivity index (χ2n) is 5.92. The molecule has 0 aliphatic carbocycles. The molecule has 3 unspecified atom stereocenters. The van der Waals surface area contributed by atoms with Gasteiger partial charge in [0.1, 0.15) is 12.3 Å². The van der Waals surface area contributed by atoms with Crippen LogP contribution < -0.4 is 11.1 Å². The molecule has 1 aromatic rings. The van der Waals surface area contributed by atoms with Crippen LogP contribution in [-0.2, 0) is 20.8 Å². The van der Waals surface area contributed by atoms with E-state index >= 15 is 0 Å². The van der Waals surface area contributed by atoms with Crippen molar-refractivity contribution in [3.05, 3.63) is 35.9 Å². The van der Waals surface area contributed by atoms with Crippen molar-refractivity contribution in [3.63, 3.8) is 0 Å². The number of amides is 2. The molecule has 1 heterocycles. The van der Waals surface area contributed by atoms with Crippen molar-refractivity contribution >= 4 is 18.1 Å². The van der Waals surface area contributed by atoms with Gasteiger partial charge in [-0.1, -0.05) is 30.3 Å². The van der Waals surface area contributed by atoms with Crippen LogP contribution in [0.5, 0.6) is 0 Å². The van der Waals surface area contributed by atoms with E-state index in [-0.39, 0.29) is 11.8 Å². The summed E-state index contributed by atoms with van der Waals surface area (Å²) in [4.78, 5) is 37.3. The van der Waals surface area contributed by atoms with Crippen LogP contribution in [0.4, 0.5) is 0 Å². The van der Waals surface area contributed by atoms with Crippen LogP contribution in [0.1, 0.15) is 25.3 Å². The van der Waals surface area contributed by atoms with Gasteiger partial charge in [-0.3, -0.25) is 9.59 Å². The van der Waals surface area contributed by atoms with Gasteiger partial charge in [0.25, 0.3) is 0 Å². The van der Waals surface area contributed by atoms with E-state index in [1.54, 1.807) is 6.92 Å². The van der Waals surface area contributed by atoms with E-state index < -0.39 is 18.1 Å². The molecule has 1 fully saturated rings. The highest BCUT2D eigenvalue weighted by molar-refractivity contribution is 5.91. The monoisotopic (exact) mass is 317 g/mol. The fraction of sp³-hybridized carbons (Fsp3) is 0.471. The Kier molecular flexibility index (Phi) is 5.87. The minimum Gasteiger partial charge on any atom is -0.344 e. The molecular formula is C17H23N3O3. The number of benzene rings is 1. The molecule has 1 saturated heterocycles. The van der Waals surface area contributed by atoms with Crippen LogP contribution in [0.3, 0.4) is 0 Å². The van der Waals surface area contributed by atoms with Gasteiger partial charge in [0, 0.05) is 6.54 Å². The first kappa shape index (κ1) is 17.1. The predicted molar refractivity (Wildman–Crippen MR) is 86.5 cm³/mol. The summed E-state index contributed by atoms with van der Waals surface area (Å²) in [6.07, 6.45) is 2.53. The fourth-order valence-corrected chi connectivity index (χ4v) is 2.84. The first-order chi connectivity index (χ1) is 11.0. The van der Waals surface area contributed by atoms with E-state index in [1.807, 2.05) is 30.3 Å². The number of likely N-dealkylation sites (tertiary alicyclic amines) is 1. The number of nitrogens with zero attached hydrogens (tertiary/aromatic N) is 1. The zero-order chi connectivity index (χ0) is 16.8. The van der Waals surface area contributed by atoms with Gasteiger partial charge in [0.05, 0.1) is 12.1 Å². The average molecular weight is 317 g/mol. The molecular weight excluding hydrogens is 294 g/mol. The van der Waals surface area contributed by atoms with Crippen molar-refractivity contribution in [2.45, 2.75) is 44.3 Å². The highest BCUT2D eigenvalue weighted by atomic mass is 16.2. The lowest BCUT2D eigenvalue weighted by Gasteiger charge is -2.26. The summed E-state index contributed by atoms with van der Waals surface area (Å²) in [6.45, 7) is 2.14. The Morgan fingerprint density at radius 1 is 1.39 bits per heavy atom. The zero-order valence-corrected chi connectivity index (χ0v) is 13.3. The molecule has 0 radical (unpaired) electrons. The van der Waals surface area contributed by atoms with Gasteiger partial charge in [0.15, 0.2) is 0 Å². The number of rotatable bonds is 6. The highest BCUT2D eigenvalue weighted by Gasteiger charge is 2.35. The van der Waals surface area contributed by atoms with Gasteiger partial charge in [-0.2, -0.15) is 0 Å². The zero-order valence-electron chi connectivity index (χ0n) is 13.3. The number of hydrogen-bond acceptors (Lipinski definition) is 4. The van der Waals surface area contributed by atoms with Crippen molar-refractivity contribution in [2.24, 2.45) is 5.73 Å². The van der Waals surface area contributed by atoms with Gasteiger partial charge in [0.2, 0.25) is 11.8 Å². The molecule has 1 aliphatic heterocycles. The van der Waals surface area contributed by atoms with Crippen molar-refractivity contribution in [1.29, 1.82) is 0 Å². The summed E-state index contributed by atoms with van der Waals surface area (Å²) in [5, 5.41) is 2.74. The predicted octanol–water partition coefficient (Wildman–Crippen LogP) is 0.251. The molecule has 6 heteroatoms. The summed E-state index contributed by atoms with van der Waals surface area (Å²) >= 11 is 0. The lowest BCUT2D eigenvalue weighted by atomic mass is 10.1. The third-order valence-electron chi connectivity index (χ3n) is 4.02. The van der Waals surface area contributed by atoms with Gasteiger partial charge in [-0.15, -0.1) is 0 Å². The molecule has 0 bridgehead atoms. The van der Waals surface area contributed by atoms with Gasteiger partial charge < -0.3 is 20.7 Å². The molecule has 0 aromatic heterocycles. The van der Waals surface area contributed by atoms with Crippen molar-refractivity contribution < 1.29 is 14.4 Å². The standard InChI is InChI=1S/C17H23N3O3/c1-12(18)17(23)20-9-5-8-15(20)16(22)19-14(11-21)10-13-6-3-2-4-7-13/h2-4,6-7,11-12,14-15H,5,8-10,18H2,1H3,(H,19,22). The van der Waals surface area contributed by atoms with E-state index in [0.29, 0.717) is 19.4 Å². The molecule has 1 aliphatic rings. The summed E-state index contributed by atoms with van der Waals surface area (Å²) in [5.41, 5.74) is 6.60. The number of hydrogen-bond donors (Lipinski definition) is 2. The van der Waals surface area contributed by atoms with Gasteiger partial charge in [-0.25, -0.2) is 0 Å². The van der Waals surface area contributed by atoms with E-state index in [1.165, 1.54) is 4.90 Å². The lowest BCUT2D eigenvalue weighted by Crippen LogP contribution is -2.52. The number of nitrogens with one attached hydrogen (secondary N) is 1. The van der Waals surface area contributed by atoms with Crippen molar-refractivity contribution in [2.75, 3.05) is 6.54 Å². The van der Waals surface area contributed by atoms with Crippen LogP contribution in [0, 0.1) is 0 Å². The molecule has 2 amide bonds. The van der Waals surface area contributed by atoms with Crippen LogP contribution in [0.25, 0.3) is 0 Å². The second kappa shape index (κ2) is 7.87. The summed E-state index contributed by atoms with van der Waals surface area (Å²) < 4.78 is 0. The topological polar surface area (TPSA) is 92.5 Å². The highest BCUT2D eigenvalue weighted by Crippen LogP contribution is 2.18. The van der Waals surface area contributed by atoms with E-state index in [4.69, 9.17) is 5.73 Å². The molecule has 2 rings (SSSR count). The molecule has 23 heavy (non-hydrogen) atoms. The maximum atomic E-state index is 12.4. The van der Waals surface area contributed by atoms with Crippen LogP contribution >= 0.6 is 0 Å². The maximum absolute atomic E-state index is 12.4. The minimum absolute atomic E-state index is 0.228. The van der Waals surface area contributed by atoms with Crippen LogP contribution in [0.15, 0.2) is 30.3 Å². The average Bonchev–Trinajstić information content (AvgIpc) is 3.03. The second-order valence-corrected chi connectivity index (χ2v) is 5.92. The number of carbonyl (C=O) groups excluding carboxylic acids is 3. The molecule has 0 saturated carbocycles. The quantitative estimate of drug-likeness (QED) is 0.736. The Balaban J connectivity index is 1.98. The van der Waals surface area contributed by atoms with Gasteiger partial charge in [-0.05, 0) is 31.7 Å². The Morgan fingerprint density at radius 3 is 2.70 bits per heavy atom. The summed E-state index contributed by atoms with van der Waals surface area (Å²) in [5.74, 6) is -0.516. The first-order valence-corrected chi connectivity index (χ1v) is 7.88. The third kappa shape index (κ3) is 4.39. The van der Waals surface area contributed by atoms with E-state index in [0.717, 1.165) is 18.3 Å². The molecule has 6 nitrogen and oxygen atoms in total. The smallest absolute Gasteiger partial charge is 0.243 e. The molecule has 124 valence electrons.